The van der Waals surface area contributed by atoms with Gasteiger partial charge < -0.3 is 5.73 Å². The molecule has 2 aromatic carbocycles. The van der Waals surface area contributed by atoms with E-state index in [0.717, 1.165) is 32.6 Å². The maximum Gasteiger partial charge on any atom is 0.269 e. The number of nitrogens with two attached hydrogens (primary N) is 1. The minimum atomic E-state index is -0.405. The second-order valence-corrected chi connectivity index (χ2v) is 6.89. The van der Waals surface area contributed by atoms with Gasteiger partial charge >= 0.3 is 0 Å². The van der Waals surface area contributed by atoms with Crippen molar-refractivity contribution in [3.8, 4) is 11.1 Å². The molecule has 6 nitrogen and oxygen atoms in total. The Morgan fingerprint density at radius 2 is 1.77 bits per heavy atom. The first-order chi connectivity index (χ1) is 12.6. The molecule has 7 heteroatoms. The summed E-state index contributed by atoms with van der Waals surface area (Å²) in [4.78, 5) is 20.9. The summed E-state index contributed by atoms with van der Waals surface area (Å²) >= 11 is 1.57. The predicted molar refractivity (Wildman–Crippen MR) is 103 cm³/mol. The van der Waals surface area contributed by atoms with E-state index in [1.165, 1.54) is 24.0 Å². The van der Waals surface area contributed by atoms with Gasteiger partial charge in [0.15, 0.2) is 0 Å². The number of benzene rings is 2. The number of rotatable bonds is 4. The van der Waals surface area contributed by atoms with Gasteiger partial charge in [-0.25, -0.2) is 9.97 Å². The summed E-state index contributed by atoms with van der Waals surface area (Å²) in [7, 11) is 0. The topological polar surface area (TPSA) is 94.9 Å². The highest BCUT2D eigenvalue weighted by Crippen LogP contribution is 2.41. The lowest BCUT2D eigenvalue weighted by molar-refractivity contribution is -0.384. The number of nitrogen functional groups attached to an aromatic ring is 1. The Morgan fingerprint density at radius 1 is 1.04 bits per heavy atom. The molecule has 4 aromatic rings. The van der Waals surface area contributed by atoms with Crippen LogP contribution in [-0.4, -0.2) is 14.9 Å². The zero-order chi connectivity index (χ0) is 18.1. The third kappa shape index (κ3) is 2.89. The Hall–Kier alpha value is -3.32. The highest BCUT2D eigenvalue weighted by Gasteiger charge is 2.19. The van der Waals surface area contributed by atoms with Crippen LogP contribution in [0, 0.1) is 10.1 Å². The standard InChI is InChI=1S/C19H14N4O2S/c20-18-17-16(13-6-8-14(9-7-13)23(24)25)15(26-19(17)22-11-21-18)10-12-4-2-1-3-5-12/h1-9,11H,10H2,(H2,20,21,22). The summed E-state index contributed by atoms with van der Waals surface area (Å²) in [5.41, 5.74) is 9.17. The summed E-state index contributed by atoms with van der Waals surface area (Å²) in [5, 5.41) is 11.7. The molecule has 0 saturated carbocycles. The molecular formula is C19H14N4O2S. The first-order valence-corrected chi connectivity index (χ1v) is 8.75. The zero-order valence-corrected chi connectivity index (χ0v) is 14.4. The Labute approximate surface area is 153 Å². The lowest BCUT2D eigenvalue weighted by Crippen LogP contribution is -1.94. The molecule has 2 N–H and O–H groups in total. The maximum absolute atomic E-state index is 10.9. The van der Waals surface area contributed by atoms with Crippen LogP contribution in [-0.2, 0) is 6.42 Å². The molecular weight excluding hydrogens is 348 g/mol. The number of fused-ring (bicyclic) bond motifs is 1. The summed E-state index contributed by atoms with van der Waals surface area (Å²) in [6.07, 6.45) is 2.19. The Balaban J connectivity index is 1.90. The molecule has 0 aliphatic carbocycles. The van der Waals surface area contributed by atoms with Crippen molar-refractivity contribution in [1.29, 1.82) is 0 Å². The molecule has 0 fully saturated rings. The smallest absolute Gasteiger partial charge is 0.269 e. The van der Waals surface area contributed by atoms with Gasteiger partial charge in [-0.05, 0) is 23.3 Å². The Morgan fingerprint density at radius 3 is 2.46 bits per heavy atom. The largest absolute Gasteiger partial charge is 0.383 e. The van der Waals surface area contributed by atoms with Crippen LogP contribution >= 0.6 is 11.3 Å². The highest BCUT2D eigenvalue weighted by molar-refractivity contribution is 7.19. The molecule has 0 saturated heterocycles. The number of nitrogens with zero attached hydrogens (tertiary/aromatic N) is 3. The molecule has 0 spiro atoms. The third-order valence-corrected chi connectivity index (χ3v) is 5.26. The van der Waals surface area contributed by atoms with Crippen LogP contribution in [0.3, 0.4) is 0 Å². The fourth-order valence-corrected chi connectivity index (χ4v) is 4.17. The molecule has 0 unspecified atom stereocenters. The van der Waals surface area contributed by atoms with Crippen LogP contribution in [0.5, 0.6) is 0 Å². The SMILES string of the molecule is Nc1ncnc2sc(Cc3ccccc3)c(-c3ccc([N+](=O)[O-])cc3)c12. The molecule has 0 amide bonds. The minimum absolute atomic E-state index is 0.0575. The van der Waals surface area contributed by atoms with Crippen molar-refractivity contribution in [2.45, 2.75) is 6.42 Å². The third-order valence-electron chi connectivity index (χ3n) is 4.16. The van der Waals surface area contributed by atoms with Crippen LogP contribution in [0.4, 0.5) is 11.5 Å². The second kappa shape index (κ2) is 6.53. The van der Waals surface area contributed by atoms with Crippen LogP contribution in [0.1, 0.15) is 10.4 Å². The van der Waals surface area contributed by atoms with E-state index in [4.69, 9.17) is 5.73 Å². The van der Waals surface area contributed by atoms with E-state index >= 15 is 0 Å². The van der Waals surface area contributed by atoms with Crippen molar-refractivity contribution in [3.05, 3.63) is 81.5 Å². The van der Waals surface area contributed by atoms with Gasteiger partial charge in [0.1, 0.15) is 17.0 Å². The van der Waals surface area contributed by atoms with Crippen LogP contribution < -0.4 is 5.73 Å². The van der Waals surface area contributed by atoms with Crippen molar-refractivity contribution in [2.75, 3.05) is 5.73 Å². The van der Waals surface area contributed by atoms with Crippen molar-refractivity contribution in [1.82, 2.24) is 9.97 Å². The lowest BCUT2D eigenvalue weighted by Gasteiger charge is -2.06. The quantitative estimate of drug-likeness (QED) is 0.428. The van der Waals surface area contributed by atoms with Crippen molar-refractivity contribution in [3.63, 3.8) is 0 Å². The van der Waals surface area contributed by atoms with Gasteiger partial charge in [0.05, 0.1) is 10.3 Å². The van der Waals surface area contributed by atoms with Crippen molar-refractivity contribution >= 4 is 33.1 Å². The van der Waals surface area contributed by atoms with Crippen LogP contribution in [0.25, 0.3) is 21.3 Å². The fourth-order valence-electron chi connectivity index (χ4n) is 2.96. The van der Waals surface area contributed by atoms with Gasteiger partial charge in [-0.15, -0.1) is 11.3 Å². The van der Waals surface area contributed by atoms with Gasteiger partial charge in [-0.1, -0.05) is 30.3 Å². The van der Waals surface area contributed by atoms with E-state index in [-0.39, 0.29) is 5.69 Å². The first kappa shape index (κ1) is 16.2. The molecule has 0 aliphatic heterocycles. The molecule has 4 rings (SSSR count). The number of thiophene rings is 1. The molecule has 0 atom stereocenters. The molecule has 0 radical (unpaired) electrons. The van der Waals surface area contributed by atoms with E-state index < -0.39 is 4.92 Å². The van der Waals surface area contributed by atoms with Gasteiger partial charge in [0.25, 0.3) is 5.69 Å². The summed E-state index contributed by atoms with van der Waals surface area (Å²) in [5.74, 6) is 0.416. The van der Waals surface area contributed by atoms with Crippen molar-refractivity contribution in [2.24, 2.45) is 0 Å². The van der Waals surface area contributed by atoms with Crippen LogP contribution in [0.15, 0.2) is 60.9 Å². The van der Waals surface area contributed by atoms with Gasteiger partial charge in [0, 0.05) is 29.0 Å². The fraction of sp³-hybridized carbons (Fsp3) is 0.0526. The molecule has 26 heavy (non-hydrogen) atoms. The number of hydrogen-bond donors (Lipinski definition) is 1. The molecule has 0 bridgehead atoms. The monoisotopic (exact) mass is 362 g/mol. The number of nitro groups is 1. The molecule has 128 valence electrons. The van der Waals surface area contributed by atoms with E-state index in [1.54, 1.807) is 23.5 Å². The maximum atomic E-state index is 10.9. The molecule has 0 aliphatic rings. The van der Waals surface area contributed by atoms with E-state index in [0.29, 0.717) is 5.82 Å². The number of hydrogen-bond acceptors (Lipinski definition) is 6. The lowest BCUT2D eigenvalue weighted by atomic mass is 9.99. The number of nitro benzene ring substituents is 1. The second-order valence-electron chi connectivity index (χ2n) is 5.81. The van der Waals surface area contributed by atoms with Gasteiger partial charge in [0.2, 0.25) is 0 Å². The van der Waals surface area contributed by atoms with Gasteiger partial charge in [-0.3, -0.25) is 10.1 Å². The Kier molecular flexibility index (Phi) is 4.06. The summed E-state index contributed by atoms with van der Waals surface area (Å²) < 4.78 is 0. The number of anilines is 1. The average Bonchev–Trinajstić information content (AvgIpc) is 3.02. The van der Waals surface area contributed by atoms with Gasteiger partial charge in [-0.2, -0.15) is 0 Å². The first-order valence-electron chi connectivity index (χ1n) is 7.94. The predicted octanol–water partition coefficient (Wildman–Crippen LogP) is 4.44. The normalized spacial score (nSPS) is 10.9. The number of aromatic nitrogens is 2. The molecule has 2 aromatic heterocycles. The summed E-state index contributed by atoms with van der Waals surface area (Å²) in [6.45, 7) is 0. The average molecular weight is 362 g/mol. The Bertz CT molecular complexity index is 1090. The number of non-ortho nitro benzene ring substituents is 1. The molecule has 2 heterocycles. The zero-order valence-electron chi connectivity index (χ0n) is 13.6. The van der Waals surface area contributed by atoms with E-state index in [2.05, 4.69) is 22.1 Å². The van der Waals surface area contributed by atoms with Crippen LogP contribution in [0.2, 0.25) is 0 Å². The van der Waals surface area contributed by atoms with E-state index in [1.807, 2.05) is 18.2 Å². The van der Waals surface area contributed by atoms with Crippen molar-refractivity contribution < 1.29 is 4.92 Å². The highest BCUT2D eigenvalue weighted by atomic mass is 32.1. The minimum Gasteiger partial charge on any atom is -0.383 e. The summed E-state index contributed by atoms with van der Waals surface area (Å²) in [6, 6.07) is 16.6. The van der Waals surface area contributed by atoms with E-state index in [9.17, 15) is 10.1 Å².